The van der Waals surface area contributed by atoms with Crippen LogP contribution in [0, 0.1) is 0 Å². The molecular formula is C16H21NO2. The van der Waals surface area contributed by atoms with E-state index in [0.717, 1.165) is 29.2 Å². The van der Waals surface area contributed by atoms with Crippen LogP contribution in [0.5, 0.6) is 0 Å². The summed E-state index contributed by atoms with van der Waals surface area (Å²) in [6, 6.07) is 7.88. The molecule has 0 saturated heterocycles. The second-order valence-corrected chi connectivity index (χ2v) is 4.67. The Bertz CT molecular complexity index is 516. The number of benzene rings is 1. The summed E-state index contributed by atoms with van der Waals surface area (Å²) in [6.07, 6.45) is 4.69. The van der Waals surface area contributed by atoms with E-state index < -0.39 is 6.10 Å². The number of rotatable bonds is 6. The van der Waals surface area contributed by atoms with Gasteiger partial charge in [0.25, 0.3) is 0 Å². The number of hydrogen-bond acceptors (Lipinski definition) is 3. The van der Waals surface area contributed by atoms with E-state index in [4.69, 9.17) is 4.74 Å². The van der Waals surface area contributed by atoms with Gasteiger partial charge in [0.15, 0.2) is 0 Å². The van der Waals surface area contributed by atoms with Crippen LogP contribution < -0.4 is 0 Å². The van der Waals surface area contributed by atoms with E-state index in [-0.39, 0.29) is 6.10 Å². The maximum atomic E-state index is 10.6. The van der Waals surface area contributed by atoms with Crippen molar-refractivity contribution in [1.29, 1.82) is 0 Å². The lowest BCUT2D eigenvalue weighted by Crippen LogP contribution is -2.22. The van der Waals surface area contributed by atoms with E-state index in [1.807, 2.05) is 37.4 Å². The van der Waals surface area contributed by atoms with E-state index >= 15 is 0 Å². The van der Waals surface area contributed by atoms with Gasteiger partial charge in [-0.3, -0.25) is 4.98 Å². The van der Waals surface area contributed by atoms with Crippen molar-refractivity contribution in [3.05, 3.63) is 42.2 Å². The molecule has 2 unspecified atom stereocenters. The predicted octanol–water partition coefficient (Wildman–Crippen LogP) is 3.47. The number of fused-ring (bicyclic) bond motifs is 1. The van der Waals surface area contributed by atoms with Crippen molar-refractivity contribution in [2.75, 3.05) is 6.61 Å². The minimum Gasteiger partial charge on any atom is -0.386 e. The molecule has 1 aromatic heterocycles. The molecule has 3 nitrogen and oxygen atoms in total. The monoisotopic (exact) mass is 259 g/mol. The zero-order chi connectivity index (χ0) is 13.7. The fraction of sp³-hybridized carbons (Fsp3) is 0.438. The molecule has 1 N–H and O–H groups in total. The summed E-state index contributed by atoms with van der Waals surface area (Å²) in [4.78, 5) is 4.12. The molecule has 3 heteroatoms. The van der Waals surface area contributed by atoms with Gasteiger partial charge in [0.1, 0.15) is 6.10 Å². The van der Waals surface area contributed by atoms with Gasteiger partial charge in [-0.25, -0.2) is 0 Å². The molecule has 0 aliphatic carbocycles. The third-order valence-electron chi connectivity index (χ3n) is 3.34. The van der Waals surface area contributed by atoms with Crippen molar-refractivity contribution in [2.24, 2.45) is 0 Å². The Labute approximate surface area is 114 Å². The first-order chi connectivity index (χ1) is 9.27. The molecule has 102 valence electrons. The second kappa shape index (κ2) is 6.64. The van der Waals surface area contributed by atoms with Gasteiger partial charge in [-0.1, -0.05) is 31.5 Å². The van der Waals surface area contributed by atoms with Crippen LogP contribution >= 0.6 is 0 Å². The van der Waals surface area contributed by atoms with Crippen molar-refractivity contribution in [2.45, 2.75) is 38.9 Å². The highest BCUT2D eigenvalue weighted by molar-refractivity contribution is 5.85. The Morgan fingerprint density at radius 3 is 2.84 bits per heavy atom. The van der Waals surface area contributed by atoms with Crippen LogP contribution in [0.15, 0.2) is 36.7 Å². The number of ether oxygens (including phenoxy) is 1. The first kappa shape index (κ1) is 14.0. The maximum Gasteiger partial charge on any atom is 0.106 e. The molecule has 19 heavy (non-hydrogen) atoms. The molecule has 0 aliphatic rings. The average molecular weight is 259 g/mol. The SMILES string of the molecule is CCCC(OCC)C(O)c1cccc2cnccc12. The standard InChI is InChI=1S/C16H21NO2/c1-3-6-15(19-4-2)16(18)14-8-5-7-12-11-17-10-9-13(12)14/h5,7-11,15-16,18H,3-4,6H2,1-2H3. The van der Waals surface area contributed by atoms with Crippen molar-refractivity contribution in [3.63, 3.8) is 0 Å². The number of aromatic nitrogens is 1. The molecule has 0 saturated carbocycles. The first-order valence-electron chi connectivity index (χ1n) is 6.90. The fourth-order valence-electron chi connectivity index (χ4n) is 2.44. The Morgan fingerprint density at radius 2 is 2.11 bits per heavy atom. The smallest absolute Gasteiger partial charge is 0.106 e. The van der Waals surface area contributed by atoms with E-state index in [1.54, 1.807) is 6.20 Å². The highest BCUT2D eigenvalue weighted by Crippen LogP contribution is 2.28. The number of pyridine rings is 1. The lowest BCUT2D eigenvalue weighted by atomic mass is 9.96. The first-order valence-corrected chi connectivity index (χ1v) is 6.90. The Morgan fingerprint density at radius 1 is 1.26 bits per heavy atom. The van der Waals surface area contributed by atoms with Crippen molar-refractivity contribution in [3.8, 4) is 0 Å². The van der Waals surface area contributed by atoms with Gasteiger partial charge >= 0.3 is 0 Å². The van der Waals surface area contributed by atoms with Gasteiger partial charge in [0.2, 0.25) is 0 Å². The summed E-state index contributed by atoms with van der Waals surface area (Å²) in [7, 11) is 0. The van der Waals surface area contributed by atoms with Crippen LogP contribution in [0.2, 0.25) is 0 Å². The maximum absolute atomic E-state index is 10.6. The molecule has 0 fully saturated rings. The average Bonchev–Trinajstić information content (AvgIpc) is 2.46. The van der Waals surface area contributed by atoms with Gasteiger partial charge < -0.3 is 9.84 Å². The third-order valence-corrected chi connectivity index (χ3v) is 3.34. The topological polar surface area (TPSA) is 42.4 Å². The zero-order valence-corrected chi connectivity index (χ0v) is 11.5. The summed E-state index contributed by atoms with van der Waals surface area (Å²) in [5, 5.41) is 12.7. The van der Waals surface area contributed by atoms with Crippen LogP contribution in [0.4, 0.5) is 0 Å². The highest BCUT2D eigenvalue weighted by Gasteiger charge is 2.22. The number of aliphatic hydroxyl groups is 1. The van der Waals surface area contributed by atoms with Gasteiger partial charge in [-0.2, -0.15) is 0 Å². The lowest BCUT2D eigenvalue weighted by Gasteiger charge is -2.23. The summed E-state index contributed by atoms with van der Waals surface area (Å²) in [5.41, 5.74) is 0.923. The van der Waals surface area contributed by atoms with Crippen LogP contribution in [-0.4, -0.2) is 22.8 Å². The number of nitrogens with zero attached hydrogens (tertiary/aromatic N) is 1. The van der Waals surface area contributed by atoms with E-state index in [9.17, 15) is 5.11 Å². The van der Waals surface area contributed by atoms with Gasteiger partial charge in [0.05, 0.1) is 6.10 Å². The Kier molecular flexibility index (Phi) is 4.88. The van der Waals surface area contributed by atoms with E-state index in [2.05, 4.69) is 11.9 Å². The van der Waals surface area contributed by atoms with Crippen LogP contribution in [0.25, 0.3) is 10.8 Å². The molecule has 0 spiro atoms. The van der Waals surface area contributed by atoms with Gasteiger partial charge in [0, 0.05) is 24.4 Å². The quantitative estimate of drug-likeness (QED) is 0.863. The molecule has 2 atom stereocenters. The highest BCUT2D eigenvalue weighted by atomic mass is 16.5. The summed E-state index contributed by atoms with van der Waals surface area (Å²) in [6.45, 7) is 4.68. The molecule has 1 aromatic carbocycles. The largest absolute Gasteiger partial charge is 0.386 e. The molecule has 0 amide bonds. The number of aliphatic hydroxyl groups excluding tert-OH is 1. The normalized spacial score (nSPS) is 14.5. The van der Waals surface area contributed by atoms with Gasteiger partial charge in [-0.15, -0.1) is 0 Å². The summed E-state index contributed by atoms with van der Waals surface area (Å²) < 4.78 is 5.68. The zero-order valence-electron chi connectivity index (χ0n) is 11.5. The van der Waals surface area contributed by atoms with Crippen LogP contribution in [0.3, 0.4) is 0 Å². The molecular weight excluding hydrogens is 238 g/mol. The lowest BCUT2D eigenvalue weighted by molar-refractivity contribution is -0.0378. The van der Waals surface area contributed by atoms with Gasteiger partial charge in [-0.05, 0) is 30.4 Å². The van der Waals surface area contributed by atoms with E-state index in [1.165, 1.54) is 0 Å². The van der Waals surface area contributed by atoms with Crippen LogP contribution in [-0.2, 0) is 4.74 Å². The fourth-order valence-corrected chi connectivity index (χ4v) is 2.44. The van der Waals surface area contributed by atoms with Crippen LogP contribution in [0.1, 0.15) is 38.4 Å². The number of hydrogen-bond donors (Lipinski definition) is 1. The minimum absolute atomic E-state index is 0.145. The molecule has 2 aromatic rings. The predicted molar refractivity (Wildman–Crippen MR) is 77.0 cm³/mol. The van der Waals surface area contributed by atoms with E-state index in [0.29, 0.717) is 6.61 Å². The Hall–Kier alpha value is -1.45. The third kappa shape index (κ3) is 3.11. The molecule has 1 heterocycles. The van der Waals surface area contributed by atoms with Crippen molar-refractivity contribution >= 4 is 10.8 Å². The second-order valence-electron chi connectivity index (χ2n) is 4.67. The molecule has 2 rings (SSSR count). The molecule has 0 radical (unpaired) electrons. The summed E-state index contributed by atoms with van der Waals surface area (Å²) >= 11 is 0. The van der Waals surface area contributed by atoms with Crippen molar-refractivity contribution < 1.29 is 9.84 Å². The van der Waals surface area contributed by atoms with Crippen molar-refractivity contribution in [1.82, 2.24) is 4.98 Å². The summed E-state index contributed by atoms with van der Waals surface area (Å²) in [5.74, 6) is 0. The Balaban J connectivity index is 2.36. The molecule has 0 bridgehead atoms. The molecule has 0 aliphatic heterocycles. The minimum atomic E-state index is -0.592.